The van der Waals surface area contributed by atoms with Crippen molar-refractivity contribution in [2.45, 2.75) is 38.6 Å². The minimum absolute atomic E-state index is 0. The summed E-state index contributed by atoms with van der Waals surface area (Å²) >= 11 is 0. The normalized spacial score (nSPS) is 13.6. The van der Waals surface area contributed by atoms with E-state index < -0.39 is 5.91 Å². The number of halogens is 1. The van der Waals surface area contributed by atoms with Crippen LogP contribution in [0.1, 0.15) is 37.7 Å². The van der Waals surface area contributed by atoms with Gasteiger partial charge in [0.05, 0.1) is 7.11 Å². The van der Waals surface area contributed by atoms with E-state index in [1.807, 2.05) is 18.2 Å². The minimum atomic E-state index is -0.505. The summed E-state index contributed by atoms with van der Waals surface area (Å²) in [5.41, 5.74) is 7.78. The number of carbonyl (C=O) groups excluding carboxylic acids is 1. The molecular weight excluding hydrogens is 328 g/mol. The molecule has 1 aliphatic rings. The van der Waals surface area contributed by atoms with Crippen molar-refractivity contribution in [2.24, 2.45) is 5.73 Å². The standard InChI is InChI=1S/C18H26N2O3.ClH/c1-22-17-11-15(7-8-16(17)23-13-18(19)21)12-20-10-9-14-5-3-2-4-6-14;/h5,7-8,11,20H,2-4,6,9-10,12-13H2,1H3,(H2,19,21);1H. The molecule has 2 rings (SSSR count). The number of hydrogen-bond donors (Lipinski definition) is 2. The topological polar surface area (TPSA) is 73.6 Å². The van der Waals surface area contributed by atoms with Crippen LogP contribution in [0.4, 0.5) is 0 Å². The van der Waals surface area contributed by atoms with Crippen LogP contribution in [0, 0.1) is 0 Å². The Bertz CT molecular complexity index is 561. The Kier molecular flexibility index (Phi) is 9.27. The third kappa shape index (κ3) is 6.81. The molecule has 5 nitrogen and oxygen atoms in total. The Morgan fingerprint density at radius 2 is 2.12 bits per heavy atom. The van der Waals surface area contributed by atoms with Gasteiger partial charge in [0.25, 0.3) is 5.91 Å². The molecule has 0 aliphatic heterocycles. The third-order valence-electron chi connectivity index (χ3n) is 3.94. The van der Waals surface area contributed by atoms with Gasteiger partial charge in [-0.3, -0.25) is 4.79 Å². The first-order chi connectivity index (χ1) is 11.2. The first-order valence-electron chi connectivity index (χ1n) is 8.15. The predicted molar refractivity (Wildman–Crippen MR) is 97.8 cm³/mol. The fourth-order valence-electron chi connectivity index (χ4n) is 2.70. The van der Waals surface area contributed by atoms with Crippen LogP contribution >= 0.6 is 12.4 Å². The number of ether oxygens (including phenoxy) is 2. The van der Waals surface area contributed by atoms with Gasteiger partial charge in [-0.15, -0.1) is 12.4 Å². The monoisotopic (exact) mass is 354 g/mol. The largest absolute Gasteiger partial charge is 0.493 e. The molecule has 0 spiro atoms. The molecule has 6 heteroatoms. The molecule has 134 valence electrons. The fourth-order valence-corrected chi connectivity index (χ4v) is 2.70. The summed E-state index contributed by atoms with van der Waals surface area (Å²) < 4.78 is 10.6. The van der Waals surface area contributed by atoms with E-state index in [1.165, 1.54) is 25.7 Å². The van der Waals surface area contributed by atoms with Crippen molar-refractivity contribution < 1.29 is 14.3 Å². The highest BCUT2D eigenvalue weighted by atomic mass is 35.5. The van der Waals surface area contributed by atoms with Gasteiger partial charge in [0, 0.05) is 6.54 Å². The van der Waals surface area contributed by atoms with E-state index in [0.29, 0.717) is 11.5 Å². The lowest BCUT2D eigenvalue weighted by atomic mass is 9.97. The Morgan fingerprint density at radius 1 is 1.29 bits per heavy atom. The highest BCUT2D eigenvalue weighted by Gasteiger charge is 2.07. The van der Waals surface area contributed by atoms with Crippen LogP contribution in [-0.2, 0) is 11.3 Å². The molecule has 0 radical (unpaired) electrons. The van der Waals surface area contributed by atoms with Gasteiger partial charge in [-0.05, 0) is 56.3 Å². The zero-order valence-electron chi connectivity index (χ0n) is 14.2. The van der Waals surface area contributed by atoms with Crippen LogP contribution < -0.4 is 20.5 Å². The van der Waals surface area contributed by atoms with Gasteiger partial charge in [0.2, 0.25) is 0 Å². The summed E-state index contributed by atoms with van der Waals surface area (Å²) in [5, 5.41) is 3.46. The quantitative estimate of drug-likeness (QED) is 0.528. The van der Waals surface area contributed by atoms with Crippen molar-refractivity contribution in [3.63, 3.8) is 0 Å². The number of allylic oxidation sites excluding steroid dienone is 1. The number of amides is 1. The average Bonchev–Trinajstić information content (AvgIpc) is 2.58. The Balaban J connectivity index is 0.00000288. The smallest absolute Gasteiger partial charge is 0.255 e. The van der Waals surface area contributed by atoms with Gasteiger partial charge in [-0.25, -0.2) is 0 Å². The molecule has 3 N–H and O–H groups in total. The van der Waals surface area contributed by atoms with E-state index in [9.17, 15) is 4.79 Å². The molecule has 0 bridgehead atoms. The van der Waals surface area contributed by atoms with Crippen molar-refractivity contribution in [1.82, 2.24) is 5.32 Å². The SMILES string of the molecule is COc1cc(CNCCC2=CCCCC2)ccc1OCC(N)=O.Cl. The zero-order chi connectivity index (χ0) is 16.5. The molecular formula is C18H27ClN2O3. The lowest BCUT2D eigenvalue weighted by molar-refractivity contribution is -0.119. The second-order valence-corrected chi connectivity index (χ2v) is 5.78. The van der Waals surface area contributed by atoms with E-state index >= 15 is 0 Å². The molecule has 1 amide bonds. The lowest BCUT2D eigenvalue weighted by Crippen LogP contribution is -2.20. The van der Waals surface area contributed by atoms with E-state index in [-0.39, 0.29) is 19.0 Å². The maximum absolute atomic E-state index is 10.8. The molecule has 0 atom stereocenters. The van der Waals surface area contributed by atoms with Gasteiger partial charge >= 0.3 is 0 Å². The molecule has 0 unspecified atom stereocenters. The summed E-state index contributed by atoms with van der Waals surface area (Å²) in [7, 11) is 1.58. The van der Waals surface area contributed by atoms with Gasteiger partial charge in [0.1, 0.15) is 0 Å². The van der Waals surface area contributed by atoms with Crippen LogP contribution in [0.2, 0.25) is 0 Å². The first-order valence-corrected chi connectivity index (χ1v) is 8.15. The first kappa shape index (κ1) is 20.3. The van der Waals surface area contributed by atoms with Crippen LogP contribution in [-0.4, -0.2) is 26.2 Å². The minimum Gasteiger partial charge on any atom is -0.493 e. The maximum Gasteiger partial charge on any atom is 0.255 e. The Morgan fingerprint density at radius 3 is 2.79 bits per heavy atom. The highest BCUT2D eigenvalue weighted by Crippen LogP contribution is 2.28. The molecule has 1 aromatic carbocycles. The summed E-state index contributed by atoms with van der Waals surface area (Å²) in [6.45, 7) is 1.61. The van der Waals surface area contributed by atoms with Gasteiger partial charge in [0.15, 0.2) is 18.1 Å². The number of nitrogens with two attached hydrogens (primary N) is 1. The highest BCUT2D eigenvalue weighted by molar-refractivity contribution is 5.85. The van der Waals surface area contributed by atoms with E-state index in [2.05, 4.69) is 11.4 Å². The molecule has 0 saturated carbocycles. The second kappa shape index (κ2) is 10.9. The fraction of sp³-hybridized carbons (Fsp3) is 0.500. The number of methoxy groups -OCH3 is 1. The Labute approximate surface area is 150 Å². The van der Waals surface area contributed by atoms with Gasteiger partial charge in [-0.1, -0.05) is 17.7 Å². The molecule has 24 heavy (non-hydrogen) atoms. The number of hydrogen-bond acceptors (Lipinski definition) is 4. The van der Waals surface area contributed by atoms with Crippen molar-refractivity contribution >= 4 is 18.3 Å². The summed E-state index contributed by atoms with van der Waals surface area (Å²) in [4.78, 5) is 10.8. The molecule has 0 saturated heterocycles. The molecule has 1 aromatic rings. The van der Waals surface area contributed by atoms with Crippen molar-refractivity contribution in [2.75, 3.05) is 20.3 Å². The maximum atomic E-state index is 10.8. The number of primary amides is 1. The van der Waals surface area contributed by atoms with Gasteiger partial charge < -0.3 is 20.5 Å². The number of carbonyl (C=O) groups is 1. The molecule has 0 heterocycles. The van der Waals surface area contributed by atoms with Gasteiger partial charge in [-0.2, -0.15) is 0 Å². The van der Waals surface area contributed by atoms with Crippen LogP contribution in [0.5, 0.6) is 11.5 Å². The van der Waals surface area contributed by atoms with E-state index in [4.69, 9.17) is 15.2 Å². The van der Waals surface area contributed by atoms with E-state index in [1.54, 1.807) is 12.7 Å². The summed E-state index contributed by atoms with van der Waals surface area (Å²) in [5.74, 6) is 0.637. The number of benzene rings is 1. The Hall–Kier alpha value is -1.72. The average molecular weight is 355 g/mol. The lowest BCUT2D eigenvalue weighted by Gasteiger charge is -2.14. The zero-order valence-corrected chi connectivity index (χ0v) is 15.0. The van der Waals surface area contributed by atoms with Crippen LogP contribution in [0.15, 0.2) is 29.8 Å². The summed E-state index contributed by atoms with van der Waals surface area (Å²) in [6.07, 6.45) is 8.66. The molecule has 0 fully saturated rings. The number of nitrogens with one attached hydrogen (secondary N) is 1. The predicted octanol–water partition coefficient (Wildman–Crippen LogP) is 2.96. The van der Waals surface area contributed by atoms with Crippen molar-refractivity contribution in [1.29, 1.82) is 0 Å². The second-order valence-electron chi connectivity index (χ2n) is 5.78. The van der Waals surface area contributed by atoms with E-state index in [0.717, 1.165) is 25.1 Å². The molecule has 0 aromatic heterocycles. The third-order valence-corrected chi connectivity index (χ3v) is 3.94. The van der Waals surface area contributed by atoms with Crippen molar-refractivity contribution in [3.8, 4) is 11.5 Å². The molecule has 1 aliphatic carbocycles. The summed E-state index contributed by atoms with van der Waals surface area (Å²) in [6, 6.07) is 5.69. The van der Waals surface area contributed by atoms with Crippen LogP contribution in [0.3, 0.4) is 0 Å². The number of rotatable bonds is 9. The van der Waals surface area contributed by atoms with Crippen molar-refractivity contribution in [3.05, 3.63) is 35.4 Å². The van der Waals surface area contributed by atoms with Crippen LogP contribution in [0.25, 0.3) is 0 Å².